The fourth-order valence-corrected chi connectivity index (χ4v) is 6.96. The van der Waals surface area contributed by atoms with Crippen molar-refractivity contribution < 1.29 is 28.6 Å². The monoisotopic (exact) mass is 827 g/mol. The van der Waals surface area contributed by atoms with Crippen LogP contribution in [0, 0.1) is 0 Å². The number of ether oxygens (including phenoxy) is 3. The molecule has 0 rings (SSSR count). The third-order valence-electron chi connectivity index (χ3n) is 10.8. The van der Waals surface area contributed by atoms with Gasteiger partial charge in [-0.3, -0.25) is 14.4 Å². The lowest BCUT2D eigenvalue weighted by atomic mass is 10.1. The first-order chi connectivity index (χ1) is 29.0. The maximum Gasteiger partial charge on any atom is 0.306 e. The zero-order valence-electron chi connectivity index (χ0n) is 39.0. The molecule has 0 aliphatic rings. The molecule has 0 amide bonds. The highest BCUT2D eigenvalue weighted by atomic mass is 16.6. The molecule has 342 valence electrons. The summed E-state index contributed by atoms with van der Waals surface area (Å²) in [4.78, 5) is 37.8. The van der Waals surface area contributed by atoms with Crippen LogP contribution in [-0.4, -0.2) is 37.2 Å². The predicted octanol–water partition coefficient (Wildman–Crippen LogP) is 16.3. The molecule has 0 radical (unpaired) electrons. The van der Waals surface area contributed by atoms with Crippen LogP contribution in [0.5, 0.6) is 0 Å². The quantitative estimate of drug-likeness (QED) is 0.0263. The normalized spacial score (nSPS) is 12.4. The second-order valence-electron chi connectivity index (χ2n) is 16.7. The average molecular weight is 827 g/mol. The first-order valence-corrected chi connectivity index (χ1v) is 25.1. The van der Waals surface area contributed by atoms with E-state index in [-0.39, 0.29) is 31.1 Å². The molecule has 0 aliphatic carbocycles. The first-order valence-electron chi connectivity index (χ1n) is 25.1. The number of carbonyl (C=O) groups excluding carboxylic acids is 3. The lowest BCUT2D eigenvalue weighted by Gasteiger charge is -2.18. The Kier molecular flexibility index (Phi) is 45.9. The predicted molar refractivity (Wildman–Crippen MR) is 252 cm³/mol. The molecule has 6 heteroatoms. The van der Waals surface area contributed by atoms with Crippen molar-refractivity contribution >= 4 is 17.9 Å². The highest BCUT2D eigenvalue weighted by Gasteiger charge is 2.19. The van der Waals surface area contributed by atoms with Gasteiger partial charge in [-0.05, 0) is 77.0 Å². The summed E-state index contributed by atoms with van der Waals surface area (Å²) in [6, 6.07) is 0. The Morgan fingerprint density at radius 2 is 0.627 bits per heavy atom. The molecule has 0 saturated heterocycles. The summed E-state index contributed by atoms with van der Waals surface area (Å²) in [7, 11) is 0. The SMILES string of the molecule is CCCC/C=C\C/C=C\CCCCCCCC(=O)OC(COC(=O)CCCCCCCCC/C=C\C/C=C\CCCCCC)COC(=O)CCCCCCCCCCC. The summed E-state index contributed by atoms with van der Waals surface area (Å²) < 4.78 is 16.7. The van der Waals surface area contributed by atoms with Gasteiger partial charge in [0, 0.05) is 19.3 Å². The second kappa shape index (κ2) is 48.0. The number of hydrogen-bond acceptors (Lipinski definition) is 6. The molecular formula is C53H94O6. The minimum Gasteiger partial charge on any atom is -0.462 e. The lowest BCUT2D eigenvalue weighted by Crippen LogP contribution is -2.30. The largest absolute Gasteiger partial charge is 0.462 e. The van der Waals surface area contributed by atoms with Crippen LogP contribution in [-0.2, 0) is 28.6 Å². The third kappa shape index (κ3) is 46.3. The molecule has 0 N–H and O–H groups in total. The van der Waals surface area contributed by atoms with E-state index in [2.05, 4.69) is 69.4 Å². The second-order valence-corrected chi connectivity index (χ2v) is 16.7. The Morgan fingerprint density at radius 3 is 1.00 bits per heavy atom. The summed E-state index contributed by atoms with van der Waals surface area (Å²) in [5.41, 5.74) is 0. The number of carbonyl (C=O) groups is 3. The molecule has 0 bridgehead atoms. The van der Waals surface area contributed by atoms with Gasteiger partial charge in [-0.15, -0.1) is 0 Å². The van der Waals surface area contributed by atoms with Crippen molar-refractivity contribution in [2.45, 2.75) is 258 Å². The zero-order chi connectivity index (χ0) is 43.0. The van der Waals surface area contributed by atoms with E-state index in [1.165, 1.54) is 116 Å². The Hall–Kier alpha value is -2.63. The summed E-state index contributed by atoms with van der Waals surface area (Å²) >= 11 is 0. The molecule has 0 saturated carbocycles. The van der Waals surface area contributed by atoms with E-state index in [1.54, 1.807) is 0 Å². The first kappa shape index (κ1) is 56.4. The van der Waals surface area contributed by atoms with Gasteiger partial charge in [0.25, 0.3) is 0 Å². The van der Waals surface area contributed by atoms with Crippen molar-refractivity contribution in [3.8, 4) is 0 Å². The van der Waals surface area contributed by atoms with Crippen LogP contribution in [0.25, 0.3) is 0 Å². The van der Waals surface area contributed by atoms with E-state index in [0.717, 1.165) is 96.3 Å². The Balaban J connectivity index is 4.34. The molecule has 0 aromatic carbocycles. The highest BCUT2D eigenvalue weighted by Crippen LogP contribution is 2.14. The van der Waals surface area contributed by atoms with Crippen molar-refractivity contribution in [3.63, 3.8) is 0 Å². The Morgan fingerprint density at radius 1 is 0.339 bits per heavy atom. The smallest absolute Gasteiger partial charge is 0.306 e. The topological polar surface area (TPSA) is 78.9 Å². The fourth-order valence-electron chi connectivity index (χ4n) is 6.96. The van der Waals surface area contributed by atoms with Gasteiger partial charge in [-0.25, -0.2) is 0 Å². The van der Waals surface area contributed by atoms with Crippen LogP contribution in [0.2, 0.25) is 0 Å². The number of rotatable bonds is 45. The maximum atomic E-state index is 12.7. The van der Waals surface area contributed by atoms with Crippen LogP contribution in [0.4, 0.5) is 0 Å². The summed E-state index contributed by atoms with van der Waals surface area (Å²) in [5.74, 6) is -0.901. The maximum absolute atomic E-state index is 12.7. The van der Waals surface area contributed by atoms with Crippen molar-refractivity contribution in [2.75, 3.05) is 13.2 Å². The molecule has 59 heavy (non-hydrogen) atoms. The number of unbranched alkanes of at least 4 members (excludes halogenated alkanes) is 26. The van der Waals surface area contributed by atoms with Gasteiger partial charge in [0.2, 0.25) is 0 Å². The summed E-state index contributed by atoms with van der Waals surface area (Å²) in [6.07, 6.45) is 56.6. The van der Waals surface area contributed by atoms with Gasteiger partial charge >= 0.3 is 17.9 Å². The average Bonchev–Trinajstić information content (AvgIpc) is 3.23. The van der Waals surface area contributed by atoms with Crippen molar-refractivity contribution in [3.05, 3.63) is 48.6 Å². The molecule has 1 unspecified atom stereocenters. The molecule has 0 aromatic heterocycles. The molecule has 6 nitrogen and oxygen atoms in total. The van der Waals surface area contributed by atoms with Gasteiger partial charge in [0.15, 0.2) is 6.10 Å². The van der Waals surface area contributed by atoms with E-state index in [4.69, 9.17) is 14.2 Å². The van der Waals surface area contributed by atoms with Gasteiger partial charge in [0.05, 0.1) is 0 Å². The molecule has 1 atom stereocenters. The fraction of sp³-hybridized carbons (Fsp3) is 0.792. The van der Waals surface area contributed by atoms with Gasteiger partial charge in [-0.2, -0.15) is 0 Å². The van der Waals surface area contributed by atoms with E-state index in [9.17, 15) is 14.4 Å². The molecule has 0 aromatic rings. The standard InChI is InChI=1S/C53H94O6/c1-4-7-10-13-16-19-21-23-25-26-27-28-30-31-34-37-40-43-46-52(55)58-49-50(48-57-51(54)45-42-39-36-33-18-15-12-9-6-3)59-53(56)47-44-41-38-35-32-29-24-22-20-17-14-11-8-5-2/h14,17,19,21-22,24-26,50H,4-13,15-16,18,20,23,27-49H2,1-3H3/b17-14-,21-19-,24-22-,26-25-. The number of allylic oxidation sites excluding steroid dienone is 8. The van der Waals surface area contributed by atoms with E-state index < -0.39 is 6.10 Å². The molecule has 0 heterocycles. The minimum atomic E-state index is -0.779. The van der Waals surface area contributed by atoms with Gasteiger partial charge in [-0.1, -0.05) is 204 Å². The number of esters is 3. The molecule has 0 aliphatic heterocycles. The van der Waals surface area contributed by atoms with Crippen molar-refractivity contribution in [1.29, 1.82) is 0 Å². The van der Waals surface area contributed by atoms with Crippen LogP contribution in [0.3, 0.4) is 0 Å². The lowest BCUT2D eigenvalue weighted by molar-refractivity contribution is -0.167. The van der Waals surface area contributed by atoms with Crippen LogP contribution in [0.1, 0.15) is 252 Å². The van der Waals surface area contributed by atoms with E-state index in [1.807, 2.05) is 0 Å². The Bertz CT molecular complexity index is 1040. The summed E-state index contributed by atoms with van der Waals surface area (Å²) in [5, 5.41) is 0. The van der Waals surface area contributed by atoms with Gasteiger partial charge < -0.3 is 14.2 Å². The molecule has 0 fully saturated rings. The van der Waals surface area contributed by atoms with E-state index >= 15 is 0 Å². The molecule has 0 spiro atoms. The van der Waals surface area contributed by atoms with Crippen LogP contribution in [0.15, 0.2) is 48.6 Å². The number of hydrogen-bond donors (Lipinski definition) is 0. The van der Waals surface area contributed by atoms with Gasteiger partial charge in [0.1, 0.15) is 13.2 Å². The van der Waals surface area contributed by atoms with Crippen molar-refractivity contribution in [2.24, 2.45) is 0 Å². The zero-order valence-corrected chi connectivity index (χ0v) is 39.0. The highest BCUT2D eigenvalue weighted by molar-refractivity contribution is 5.71. The van der Waals surface area contributed by atoms with E-state index in [0.29, 0.717) is 19.3 Å². The van der Waals surface area contributed by atoms with Crippen molar-refractivity contribution in [1.82, 2.24) is 0 Å². The summed E-state index contributed by atoms with van der Waals surface area (Å²) in [6.45, 7) is 6.55. The third-order valence-corrected chi connectivity index (χ3v) is 10.8. The Labute approximate surface area is 365 Å². The molecular weight excluding hydrogens is 733 g/mol. The van der Waals surface area contributed by atoms with Crippen LogP contribution >= 0.6 is 0 Å². The van der Waals surface area contributed by atoms with Crippen LogP contribution < -0.4 is 0 Å². The minimum absolute atomic E-state index is 0.0800.